The minimum Gasteiger partial charge on any atom is -0.365 e. The van der Waals surface area contributed by atoms with Crippen molar-refractivity contribution in [3.63, 3.8) is 0 Å². The molecule has 0 spiro atoms. The summed E-state index contributed by atoms with van der Waals surface area (Å²) in [4.78, 5) is 28.7. The summed E-state index contributed by atoms with van der Waals surface area (Å²) in [6.45, 7) is 8.97. The van der Waals surface area contributed by atoms with Crippen molar-refractivity contribution < 1.29 is 18.0 Å². The molecule has 35 heavy (non-hydrogen) atoms. The van der Waals surface area contributed by atoms with Gasteiger partial charge in [-0.05, 0) is 68.9 Å². The van der Waals surface area contributed by atoms with Crippen molar-refractivity contribution in [1.82, 2.24) is 9.21 Å². The van der Waals surface area contributed by atoms with E-state index in [9.17, 15) is 18.0 Å². The average Bonchev–Trinajstić information content (AvgIpc) is 3.16. The molecule has 1 aromatic carbocycles. The molecule has 2 amide bonds. The summed E-state index contributed by atoms with van der Waals surface area (Å²) in [6, 6.07) is 6.34. The number of carbonyl (C=O) groups excluding carboxylic acids is 2. The van der Waals surface area contributed by atoms with Crippen LogP contribution in [0.1, 0.15) is 64.8 Å². The number of benzene rings is 1. The van der Waals surface area contributed by atoms with Crippen LogP contribution in [0.3, 0.4) is 0 Å². The van der Waals surface area contributed by atoms with Crippen LogP contribution in [0.25, 0.3) is 0 Å². The Labute approximate surface area is 217 Å². The number of nitrogens with zero attached hydrogens (tertiary/aromatic N) is 2. The number of amides is 2. The Kier molecular flexibility index (Phi) is 8.64. The van der Waals surface area contributed by atoms with E-state index in [0.717, 1.165) is 36.4 Å². The second-order valence-electron chi connectivity index (χ2n) is 9.45. The first-order chi connectivity index (χ1) is 16.1. The normalized spacial score (nSPS) is 17.6. The monoisotopic (exact) mass is 540 g/mol. The van der Waals surface area contributed by atoms with Crippen molar-refractivity contribution in [3.05, 3.63) is 45.8 Å². The van der Waals surface area contributed by atoms with Crippen LogP contribution in [-0.2, 0) is 23.0 Å². The van der Waals surface area contributed by atoms with Crippen LogP contribution in [0.4, 0.5) is 5.00 Å². The van der Waals surface area contributed by atoms with Crippen molar-refractivity contribution in [2.24, 2.45) is 11.7 Å². The molecule has 1 saturated heterocycles. The Morgan fingerprint density at radius 2 is 1.74 bits per heavy atom. The number of hydrogen-bond acceptors (Lipinski definition) is 6. The maximum absolute atomic E-state index is 12.9. The zero-order valence-electron chi connectivity index (χ0n) is 20.2. The van der Waals surface area contributed by atoms with Crippen LogP contribution >= 0.6 is 23.7 Å². The highest BCUT2D eigenvalue weighted by molar-refractivity contribution is 7.89. The standard InChI is InChI=1S/C24H32N4O4S2.ClH/c1-15(2)27-11-10-19-20(14-27)33-24(21(19)22(25)29)26-23(30)17-4-6-18(7-5-17)34(31,32)28-12-8-16(3)9-13-28;/h4-7,15-16H,8-14H2,1-3H3,(H2,25,29)(H,26,30);1H. The SMILES string of the molecule is CC1CCN(S(=O)(=O)c2ccc(C(=O)Nc3sc4c(c3C(N)=O)CCN(C(C)C)C4)cc2)CC1.Cl. The first-order valence-corrected chi connectivity index (χ1v) is 13.9. The molecule has 192 valence electrons. The van der Waals surface area contributed by atoms with Gasteiger partial charge in [0, 0.05) is 42.7 Å². The number of piperidine rings is 1. The van der Waals surface area contributed by atoms with Crippen LogP contribution in [0.5, 0.6) is 0 Å². The van der Waals surface area contributed by atoms with Crippen molar-refractivity contribution in [2.75, 3.05) is 25.0 Å². The third-order valence-electron chi connectivity index (χ3n) is 6.79. The lowest BCUT2D eigenvalue weighted by Gasteiger charge is -2.30. The fraction of sp³-hybridized carbons (Fsp3) is 0.500. The lowest BCUT2D eigenvalue weighted by molar-refractivity contribution is 0.0999. The van der Waals surface area contributed by atoms with Crippen molar-refractivity contribution in [3.8, 4) is 0 Å². The minimum atomic E-state index is -3.58. The van der Waals surface area contributed by atoms with Gasteiger partial charge in [0.1, 0.15) is 5.00 Å². The molecule has 3 N–H and O–H groups in total. The number of hydrogen-bond donors (Lipinski definition) is 2. The Morgan fingerprint density at radius 1 is 1.11 bits per heavy atom. The maximum atomic E-state index is 12.9. The third-order valence-corrected chi connectivity index (χ3v) is 9.83. The van der Waals surface area contributed by atoms with E-state index in [1.165, 1.54) is 39.9 Å². The van der Waals surface area contributed by atoms with Crippen molar-refractivity contribution in [2.45, 2.75) is 57.5 Å². The second-order valence-corrected chi connectivity index (χ2v) is 12.5. The topological polar surface area (TPSA) is 113 Å². The first kappa shape index (κ1) is 27.6. The van der Waals surface area contributed by atoms with E-state index in [1.54, 1.807) is 0 Å². The number of primary amides is 1. The molecule has 0 saturated carbocycles. The summed E-state index contributed by atoms with van der Waals surface area (Å²) in [5, 5.41) is 3.29. The molecule has 2 aliphatic heterocycles. The molecule has 0 unspecified atom stereocenters. The average molecular weight is 541 g/mol. The second kappa shape index (κ2) is 11.0. The summed E-state index contributed by atoms with van der Waals surface area (Å²) in [7, 11) is -3.58. The van der Waals surface area contributed by atoms with Crippen molar-refractivity contribution >= 4 is 50.6 Å². The van der Waals surface area contributed by atoms with Gasteiger partial charge >= 0.3 is 0 Å². The Bertz CT molecular complexity index is 1190. The number of sulfonamides is 1. The summed E-state index contributed by atoms with van der Waals surface area (Å²) in [5.41, 5.74) is 7.29. The highest BCUT2D eigenvalue weighted by Crippen LogP contribution is 2.37. The number of halogens is 1. The molecule has 8 nitrogen and oxygen atoms in total. The fourth-order valence-electron chi connectivity index (χ4n) is 4.54. The Balaban J connectivity index is 0.00000342. The van der Waals surface area contributed by atoms with Gasteiger partial charge in [0.2, 0.25) is 10.0 Å². The number of nitrogens with two attached hydrogens (primary N) is 1. The van der Waals surface area contributed by atoms with Gasteiger partial charge < -0.3 is 11.1 Å². The van der Waals surface area contributed by atoms with E-state index < -0.39 is 21.8 Å². The summed E-state index contributed by atoms with van der Waals surface area (Å²) < 4.78 is 27.4. The molecule has 2 aromatic rings. The van der Waals surface area contributed by atoms with Gasteiger partial charge in [-0.1, -0.05) is 6.92 Å². The number of nitrogens with one attached hydrogen (secondary N) is 1. The molecule has 0 bridgehead atoms. The minimum absolute atomic E-state index is 0. The van der Waals surface area contributed by atoms with Gasteiger partial charge in [-0.3, -0.25) is 14.5 Å². The highest BCUT2D eigenvalue weighted by atomic mass is 35.5. The molecule has 3 heterocycles. The molecular formula is C24H33ClN4O4S2. The number of fused-ring (bicyclic) bond motifs is 1. The molecular weight excluding hydrogens is 508 g/mol. The van der Waals surface area contributed by atoms with E-state index in [0.29, 0.717) is 47.6 Å². The van der Waals surface area contributed by atoms with E-state index in [1.807, 2.05) is 0 Å². The zero-order chi connectivity index (χ0) is 24.6. The number of thiophene rings is 1. The summed E-state index contributed by atoms with van der Waals surface area (Å²) >= 11 is 1.38. The third kappa shape index (κ3) is 5.72. The van der Waals surface area contributed by atoms with E-state index in [2.05, 4.69) is 31.0 Å². The number of rotatable bonds is 6. The van der Waals surface area contributed by atoms with Gasteiger partial charge in [0.05, 0.1) is 10.5 Å². The highest BCUT2D eigenvalue weighted by Gasteiger charge is 2.30. The largest absolute Gasteiger partial charge is 0.365 e. The summed E-state index contributed by atoms with van der Waals surface area (Å²) in [6.07, 6.45) is 2.41. The van der Waals surface area contributed by atoms with Gasteiger partial charge in [-0.2, -0.15) is 4.31 Å². The molecule has 4 rings (SSSR count). The molecule has 2 aliphatic rings. The van der Waals surface area contributed by atoms with Gasteiger partial charge in [-0.15, -0.1) is 23.7 Å². The fourth-order valence-corrected chi connectivity index (χ4v) is 7.28. The Morgan fingerprint density at radius 3 is 2.31 bits per heavy atom. The summed E-state index contributed by atoms with van der Waals surface area (Å²) in [5.74, 6) is -0.431. The van der Waals surface area contributed by atoms with E-state index >= 15 is 0 Å². The van der Waals surface area contributed by atoms with Gasteiger partial charge in [0.15, 0.2) is 0 Å². The van der Waals surface area contributed by atoms with Crippen LogP contribution in [0.2, 0.25) is 0 Å². The van der Waals surface area contributed by atoms with Crippen LogP contribution in [0, 0.1) is 5.92 Å². The molecule has 11 heteroatoms. The van der Waals surface area contributed by atoms with Crippen LogP contribution in [0.15, 0.2) is 29.2 Å². The Hall–Kier alpha value is -1.98. The molecule has 0 aliphatic carbocycles. The predicted octanol–water partition coefficient (Wildman–Crippen LogP) is 3.71. The van der Waals surface area contributed by atoms with Gasteiger partial charge in [-0.25, -0.2) is 8.42 Å². The quantitative estimate of drug-likeness (QED) is 0.580. The van der Waals surface area contributed by atoms with E-state index in [4.69, 9.17) is 5.73 Å². The molecule has 0 atom stereocenters. The maximum Gasteiger partial charge on any atom is 0.256 e. The predicted molar refractivity (Wildman–Crippen MR) is 141 cm³/mol. The molecule has 0 radical (unpaired) electrons. The van der Waals surface area contributed by atoms with Crippen LogP contribution < -0.4 is 11.1 Å². The molecule has 1 aromatic heterocycles. The lowest BCUT2D eigenvalue weighted by Crippen LogP contribution is -2.37. The smallest absolute Gasteiger partial charge is 0.256 e. The van der Waals surface area contributed by atoms with Crippen LogP contribution in [-0.4, -0.2) is 55.1 Å². The number of anilines is 1. The molecule has 1 fully saturated rings. The first-order valence-electron chi connectivity index (χ1n) is 11.7. The number of carbonyl (C=O) groups is 2. The lowest BCUT2D eigenvalue weighted by atomic mass is 10.0. The van der Waals surface area contributed by atoms with Gasteiger partial charge in [0.25, 0.3) is 11.8 Å². The van der Waals surface area contributed by atoms with Crippen molar-refractivity contribution in [1.29, 1.82) is 0 Å². The zero-order valence-corrected chi connectivity index (χ0v) is 22.7. The van der Waals surface area contributed by atoms with E-state index in [-0.39, 0.29) is 17.3 Å².